The van der Waals surface area contributed by atoms with Gasteiger partial charge in [-0.2, -0.15) is 4.98 Å². The molecule has 0 aliphatic heterocycles. The lowest BCUT2D eigenvalue weighted by molar-refractivity contribution is -0.119. The third-order valence-corrected chi connectivity index (χ3v) is 3.83. The second-order valence-corrected chi connectivity index (χ2v) is 5.86. The summed E-state index contributed by atoms with van der Waals surface area (Å²) in [5.74, 6) is 0.531. The lowest BCUT2D eigenvalue weighted by Crippen LogP contribution is -2.20. The van der Waals surface area contributed by atoms with E-state index in [9.17, 15) is 4.79 Å². The fraction of sp³-hybridized carbons (Fsp3) is 0.176. The second kappa shape index (κ2) is 6.83. The van der Waals surface area contributed by atoms with Crippen LogP contribution in [-0.4, -0.2) is 35.9 Å². The Morgan fingerprint density at radius 1 is 1.19 bits per heavy atom. The molecule has 10 nitrogen and oxygen atoms in total. The molecule has 0 aliphatic rings. The maximum Gasteiger partial charge on any atom is 0.222 e. The molecule has 0 atom stereocenters. The van der Waals surface area contributed by atoms with E-state index >= 15 is 0 Å². The number of hydrogen-bond donors (Lipinski definition) is 2. The first kappa shape index (κ1) is 16.6. The lowest BCUT2D eigenvalue weighted by Gasteiger charge is -2.06. The van der Waals surface area contributed by atoms with Crippen LogP contribution in [0, 0.1) is 0 Å². The number of amides is 1. The zero-order valence-corrected chi connectivity index (χ0v) is 14.5. The first-order chi connectivity index (χ1) is 13.1. The molecule has 4 aromatic heterocycles. The summed E-state index contributed by atoms with van der Waals surface area (Å²) in [6, 6.07) is 9.11. The van der Waals surface area contributed by atoms with E-state index < -0.39 is 0 Å². The standard InChI is InChI=1S/C17H16N8O2/c1-10(26)19-8-11-4-2-5-12(20-11)9-25-16-15(23-24-25)14(21-17(18)22-16)13-6-3-7-27-13/h2-7H,8-9H2,1H3,(H,19,26)(H2,18,21,22). The van der Waals surface area contributed by atoms with E-state index in [1.807, 2.05) is 18.2 Å². The Balaban J connectivity index is 1.67. The molecule has 0 saturated heterocycles. The summed E-state index contributed by atoms with van der Waals surface area (Å²) in [7, 11) is 0. The average molecular weight is 364 g/mol. The summed E-state index contributed by atoms with van der Waals surface area (Å²) in [5.41, 5.74) is 8.82. The van der Waals surface area contributed by atoms with E-state index in [0.29, 0.717) is 35.7 Å². The third kappa shape index (κ3) is 3.45. The van der Waals surface area contributed by atoms with Crippen LogP contribution in [0.2, 0.25) is 0 Å². The van der Waals surface area contributed by atoms with Crippen LogP contribution in [0.15, 0.2) is 41.0 Å². The Morgan fingerprint density at radius 3 is 2.81 bits per heavy atom. The monoisotopic (exact) mass is 364 g/mol. The highest BCUT2D eigenvalue weighted by Gasteiger charge is 2.17. The Kier molecular flexibility index (Phi) is 4.21. The molecule has 0 aliphatic carbocycles. The fourth-order valence-corrected chi connectivity index (χ4v) is 2.65. The van der Waals surface area contributed by atoms with Crippen molar-refractivity contribution in [3.63, 3.8) is 0 Å². The normalized spacial score (nSPS) is 11.0. The molecule has 1 amide bonds. The van der Waals surface area contributed by atoms with E-state index in [0.717, 1.165) is 11.4 Å². The minimum absolute atomic E-state index is 0.102. The van der Waals surface area contributed by atoms with Crippen molar-refractivity contribution >= 4 is 23.0 Å². The van der Waals surface area contributed by atoms with E-state index in [-0.39, 0.29) is 11.9 Å². The Hall–Kier alpha value is -3.82. The van der Waals surface area contributed by atoms with E-state index in [2.05, 4.69) is 30.6 Å². The molecule has 0 radical (unpaired) electrons. The van der Waals surface area contributed by atoms with Gasteiger partial charge in [0, 0.05) is 6.92 Å². The Labute approximate surface area is 153 Å². The third-order valence-electron chi connectivity index (χ3n) is 3.83. The molecule has 4 heterocycles. The van der Waals surface area contributed by atoms with Crippen LogP contribution in [0.4, 0.5) is 5.95 Å². The van der Waals surface area contributed by atoms with Crippen molar-refractivity contribution in [2.24, 2.45) is 0 Å². The molecule has 27 heavy (non-hydrogen) atoms. The number of carbonyl (C=O) groups is 1. The molecule has 10 heteroatoms. The summed E-state index contributed by atoms with van der Waals surface area (Å²) in [4.78, 5) is 24.1. The molecule has 4 aromatic rings. The van der Waals surface area contributed by atoms with Crippen molar-refractivity contribution < 1.29 is 9.21 Å². The van der Waals surface area contributed by atoms with E-state index in [1.165, 1.54) is 6.92 Å². The Morgan fingerprint density at radius 2 is 2.04 bits per heavy atom. The zero-order valence-electron chi connectivity index (χ0n) is 14.5. The van der Waals surface area contributed by atoms with Crippen molar-refractivity contribution in [2.45, 2.75) is 20.0 Å². The van der Waals surface area contributed by atoms with Crippen LogP contribution >= 0.6 is 0 Å². The van der Waals surface area contributed by atoms with Gasteiger partial charge in [-0.05, 0) is 24.3 Å². The van der Waals surface area contributed by atoms with Crippen LogP contribution in [0.1, 0.15) is 18.3 Å². The van der Waals surface area contributed by atoms with Crippen molar-refractivity contribution in [3.8, 4) is 11.5 Å². The number of anilines is 1. The first-order valence-electron chi connectivity index (χ1n) is 8.20. The number of furan rings is 1. The molecule has 0 bridgehead atoms. The van der Waals surface area contributed by atoms with Crippen molar-refractivity contribution in [3.05, 3.63) is 48.0 Å². The second-order valence-electron chi connectivity index (χ2n) is 5.86. The van der Waals surface area contributed by atoms with Gasteiger partial charge in [-0.3, -0.25) is 9.78 Å². The van der Waals surface area contributed by atoms with Crippen molar-refractivity contribution in [1.82, 2.24) is 35.3 Å². The molecule has 3 N–H and O–H groups in total. The summed E-state index contributed by atoms with van der Waals surface area (Å²) < 4.78 is 7.00. The SMILES string of the molecule is CC(=O)NCc1cccc(Cn2nnc3c(-c4ccco4)nc(N)nc32)n1. The quantitative estimate of drug-likeness (QED) is 0.538. The minimum Gasteiger partial charge on any atom is -0.463 e. The molecule has 0 aromatic carbocycles. The number of nitrogen functional groups attached to an aromatic ring is 1. The molecule has 0 spiro atoms. The minimum atomic E-state index is -0.109. The van der Waals surface area contributed by atoms with Gasteiger partial charge >= 0.3 is 0 Å². The highest BCUT2D eigenvalue weighted by atomic mass is 16.3. The van der Waals surface area contributed by atoms with Crippen LogP contribution in [0.3, 0.4) is 0 Å². The topological polar surface area (TPSA) is 138 Å². The maximum absolute atomic E-state index is 11.1. The number of hydrogen-bond acceptors (Lipinski definition) is 8. The summed E-state index contributed by atoms with van der Waals surface area (Å²) >= 11 is 0. The predicted molar refractivity (Wildman–Crippen MR) is 96.1 cm³/mol. The predicted octanol–water partition coefficient (Wildman–Crippen LogP) is 1.14. The number of fused-ring (bicyclic) bond motifs is 1. The molecule has 136 valence electrons. The van der Waals surface area contributed by atoms with Crippen LogP contribution in [0.25, 0.3) is 22.6 Å². The van der Waals surface area contributed by atoms with Crippen molar-refractivity contribution in [2.75, 3.05) is 5.73 Å². The molecule has 0 saturated carbocycles. The van der Waals surface area contributed by atoms with E-state index in [4.69, 9.17) is 10.2 Å². The van der Waals surface area contributed by atoms with Crippen LogP contribution < -0.4 is 11.1 Å². The summed E-state index contributed by atoms with van der Waals surface area (Å²) in [6.07, 6.45) is 1.55. The van der Waals surface area contributed by atoms with Crippen molar-refractivity contribution in [1.29, 1.82) is 0 Å². The fourth-order valence-electron chi connectivity index (χ4n) is 2.65. The van der Waals surface area contributed by atoms with E-state index in [1.54, 1.807) is 23.1 Å². The van der Waals surface area contributed by atoms with Crippen LogP contribution in [-0.2, 0) is 17.9 Å². The summed E-state index contributed by atoms with van der Waals surface area (Å²) in [6.45, 7) is 2.17. The number of pyridine rings is 1. The molecular formula is C17H16N8O2. The van der Waals surface area contributed by atoms with Gasteiger partial charge in [0.15, 0.2) is 16.9 Å². The van der Waals surface area contributed by atoms with Gasteiger partial charge in [-0.1, -0.05) is 11.3 Å². The molecule has 0 fully saturated rings. The highest BCUT2D eigenvalue weighted by molar-refractivity contribution is 5.85. The number of carbonyl (C=O) groups excluding carboxylic acids is 1. The highest BCUT2D eigenvalue weighted by Crippen LogP contribution is 2.25. The number of nitrogens with two attached hydrogens (primary N) is 1. The van der Waals surface area contributed by atoms with Gasteiger partial charge in [0.2, 0.25) is 11.9 Å². The van der Waals surface area contributed by atoms with Gasteiger partial charge in [-0.15, -0.1) is 5.10 Å². The molecule has 0 unspecified atom stereocenters. The van der Waals surface area contributed by atoms with Gasteiger partial charge in [-0.25, -0.2) is 9.67 Å². The van der Waals surface area contributed by atoms with Crippen LogP contribution in [0.5, 0.6) is 0 Å². The van der Waals surface area contributed by atoms with Gasteiger partial charge < -0.3 is 15.5 Å². The maximum atomic E-state index is 11.1. The average Bonchev–Trinajstić information content (AvgIpc) is 3.30. The number of nitrogens with zero attached hydrogens (tertiary/aromatic N) is 6. The molecular weight excluding hydrogens is 348 g/mol. The van der Waals surface area contributed by atoms with Gasteiger partial charge in [0.05, 0.1) is 30.7 Å². The largest absolute Gasteiger partial charge is 0.463 e. The van der Waals surface area contributed by atoms with Gasteiger partial charge in [0.1, 0.15) is 5.69 Å². The van der Waals surface area contributed by atoms with Gasteiger partial charge in [0.25, 0.3) is 0 Å². The summed E-state index contributed by atoms with van der Waals surface area (Å²) in [5, 5.41) is 11.1. The molecule has 4 rings (SSSR count). The number of rotatable bonds is 5. The zero-order chi connectivity index (χ0) is 18.8. The Bertz CT molecular complexity index is 1100. The number of aromatic nitrogens is 6. The smallest absolute Gasteiger partial charge is 0.222 e. The lowest BCUT2D eigenvalue weighted by atomic mass is 10.2. The first-order valence-corrected chi connectivity index (χ1v) is 8.20. The number of nitrogens with one attached hydrogen (secondary N) is 1.